The van der Waals surface area contributed by atoms with Crippen LogP contribution in [0.5, 0.6) is 0 Å². The van der Waals surface area contributed by atoms with Crippen molar-refractivity contribution in [2.75, 3.05) is 19.7 Å². The third kappa shape index (κ3) is 3.93. The van der Waals surface area contributed by atoms with Crippen LogP contribution in [0.1, 0.15) is 52.4 Å². The summed E-state index contributed by atoms with van der Waals surface area (Å²) in [6, 6.07) is 0.713. The lowest BCUT2D eigenvalue weighted by molar-refractivity contribution is -0.0176. The molecule has 0 amide bonds. The molecule has 0 aromatic rings. The second-order valence-electron chi connectivity index (χ2n) is 6.94. The first kappa shape index (κ1) is 15.3. The molecule has 0 bridgehead atoms. The minimum atomic E-state index is -0.129. The molecule has 3 nitrogen and oxygen atoms in total. The van der Waals surface area contributed by atoms with Gasteiger partial charge in [-0.1, -0.05) is 20.3 Å². The van der Waals surface area contributed by atoms with Crippen molar-refractivity contribution in [3.8, 4) is 0 Å². The number of aliphatic hydroxyl groups excluding tert-OH is 2. The van der Waals surface area contributed by atoms with E-state index in [9.17, 15) is 5.11 Å². The van der Waals surface area contributed by atoms with E-state index in [1.165, 1.54) is 25.7 Å². The summed E-state index contributed by atoms with van der Waals surface area (Å²) in [5, 5.41) is 19.4. The van der Waals surface area contributed by atoms with Gasteiger partial charge in [0, 0.05) is 31.7 Å². The Morgan fingerprint density at radius 1 is 1.16 bits per heavy atom. The van der Waals surface area contributed by atoms with Crippen LogP contribution >= 0.6 is 0 Å². The lowest BCUT2D eigenvalue weighted by Crippen LogP contribution is -2.48. The lowest BCUT2D eigenvalue weighted by Gasteiger charge is -2.44. The van der Waals surface area contributed by atoms with Crippen LogP contribution in [0.2, 0.25) is 0 Å². The lowest BCUT2D eigenvalue weighted by atomic mass is 9.73. The average molecular weight is 269 g/mol. The molecule has 0 radical (unpaired) electrons. The highest BCUT2D eigenvalue weighted by molar-refractivity contribution is 4.88. The first-order valence-electron chi connectivity index (χ1n) is 8.14. The summed E-state index contributed by atoms with van der Waals surface area (Å²) in [7, 11) is 0. The van der Waals surface area contributed by atoms with E-state index in [0.717, 1.165) is 25.9 Å². The van der Waals surface area contributed by atoms with Gasteiger partial charge in [0.2, 0.25) is 0 Å². The fraction of sp³-hybridized carbons (Fsp3) is 1.00. The highest BCUT2D eigenvalue weighted by atomic mass is 16.3. The van der Waals surface area contributed by atoms with Crippen LogP contribution in [-0.2, 0) is 0 Å². The van der Waals surface area contributed by atoms with Gasteiger partial charge in [0.15, 0.2) is 0 Å². The van der Waals surface area contributed by atoms with Crippen molar-refractivity contribution < 1.29 is 10.2 Å². The second kappa shape index (κ2) is 7.05. The molecule has 2 fully saturated rings. The van der Waals surface area contributed by atoms with Crippen molar-refractivity contribution in [3.05, 3.63) is 0 Å². The molecule has 2 rings (SSSR count). The summed E-state index contributed by atoms with van der Waals surface area (Å²) >= 11 is 0. The SMILES string of the molecule is CC1CC(C)C(CN(CCCO)C2CCC2)C(O)C1. The van der Waals surface area contributed by atoms with Gasteiger partial charge in [-0.3, -0.25) is 4.90 Å². The van der Waals surface area contributed by atoms with Crippen molar-refractivity contribution in [2.24, 2.45) is 17.8 Å². The molecule has 4 atom stereocenters. The molecule has 2 aliphatic rings. The van der Waals surface area contributed by atoms with E-state index >= 15 is 0 Å². The van der Waals surface area contributed by atoms with Crippen LogP contribution in [0.3, 0.4) is 0 Å². The summed E-state index contributed by atoms with van der Waals surface area (Å²) in [6.07, 6.45) is 6.91. The van der Waals surface area contributed by atoms with Crippen LogP contribution in [0.15, 0.2) is 0 Å². The summed E-state index contributed by atoms with van der Waals surface area (Å²) in [4.78, 5) is 2.54. The maximum atomic E-state index is 10.4. The number of hydrogen-bond donors (Lipinski definition) is 2. The Labute approximate surface area is 118 Å². The highest BCUT2D eigenvalue weighted by Gasteiger charge is 2.35. The van der Waals surface area contributed by atoms with E-state index in [2.05, 4.69) is 18.7 Å². The van der Waals surface area contributed by atoms with Crippen molar-refractivity contribution in [1.29, 1.82) is 0 Å². The van der Waals surface area contributed by atoms with Gasteiger partial charge in [-0.2, -0.15) is 0 Å². The fourth-order valence-corrected chi connectivity index (χ4v) is 3.89. The van der Waals surface area contributed by atoms with E-state index in [1.54, 1.807) is 0 Å². The van der Waals surface area contributed by atoms with Crippen LogP contribution in [0, 0.1) is 17.8 Å². The van der Waals surface area contributed by atoms with E-state index in [-0.39, 0.29) is 12.7 Å². The molecule has 3 heteroatoms. The average Bonchev–Trinajstić information content (AvgIpc) is 2.27. The third-order valence-electron chi connectivity index (χ3n) is 5.28. The largest absolute Gasteiger partial charge is 0.396 e. The van der Waals surface area contributed by atoms with Gasteiger partial charge in [-0.15, -0.1) is 0 Å². The van der Waals surface area contributed by atoms with Crippen LogP contribution < -0.4 is 0 Å². The molecular formula is C16H31NO2. The molecule has 0 heterocycles. The quantitative estimate of drug-likeness (QED) is 0.777. The fourth-order valence-electron chi connectivity index (χ4n) is 3.89. The summed E-state index contributed by atoms with van der Waals surface area (Å²) in [5.41, 5.74) is 0. The molecule has 0 aromatic carbocycles. The summed E-state index contributed by atoms with van der Waals surface area (Å²) in [5.74, 6) is 1.71. The number of rotatable bonds is 6. The molecular weight excluding hydrogens is 238 g/mol. The molecule has 2 saturated carbocycles. The monoisotopic (exact) mass is 269 g/mol. The minimum Gasteiger partial charge on any atom is -0.396 e. The summed E-state index contributed by atoms with van der Waals surface area (Å²) in [6.45, 7) is 6.86. The predicted molar refractivity (Wildman–Crippen MR) is 78.0 cm³/mol. The smallest absolute Gasteiger partial charge is 0.0585 e. The Kier molecular flexibility index (Phi) is 5.67. The zero-order chi connectivity index (χ0) is 13.8. The number of nitrogens with zero attached hydrogens (tertiary/aromatic N) is 1. The zero-order valence-corrected chi connectivity index (χ0v) is 12.6. The van der Waals surface area contributed by atoms with Crippen molar-refractivity contribution in [2.45, 2.75) is 64.5 Å². The van der Waals surface area contributed by atoms with Crippen LogP contribution in [0.25, 0.3) is 0 Å². The van der Waals surface area contributed by atoms with Gasteiger partial charge in [-0.25, -0.2) is 0 Å². The second-order valence-corrected chi connectivity index (χ2v) is 6.94. The molecule has 0 saturated heterocycles. The molecule has 112 valence electrons. The van der Waals surface area contributed by atoms with Crippen molar-refractivity contribution >= 4 is 0 Å². The Balaban J connectivity index is 1.90. The van der Waals surface area contributed by atoms with Gasteiger partial charge in [0.1, 0.15) is 0 Å². The third-order valence-corrected chi connectivity index (χ3v) is 5.28. The molecule has 0 aromatic heterocycles. The topological polar surface area (TPSA) is 43.7 Å². The summed E-state index contributed by atoms with van der Waals surface area (Å²) < 4.78 is 0. The van der Waals surface area contributed by atoms with Gasteiger partial charge in [0.25, 0.3) is 0 Å². The zero-order valence-electron chi connectivity index (χ0n) is 12.6. The van der Waals surface area contributed by atoms with E-state index in [1.807, 2.05) is 0 Å². The Hall–Kier alpha value is -0.120. The normalized spacial score (nSPS) is 36.5. The van der Waals surface area contributed by atoms with Crippen LogP contribution in [0.4, 0.5) is 0 Å². The Bertz CT molecular complexity index is 255. The first-order valence-corrected chi connectivity index (χ1v) is 8.14. The van der Waals surface area contributed by atoms with E-state index in [4.69, 9.17) is 5.11 Å². The molecule has 2 aliphatic carbocycles. The van der Waals surface area contributed by atoms with Crippen molar-refractivity contribution in [1.82, 2.24) is 4.90 Å². The maximum absolute atomic E-state index is 10.4. The maximum Gasteiger partial charge on any atom is 0.0585 e. The highest BCUT2D eigenvalue weighted by Crippen LogP contribution is 2.36. The minimum absolute atomic E-state index is 0.129. The molecule has 2 N–H and O–H groups in total. The number of hydrogen-bond acceptors (Lipinski definition) is 3. The van der Waals surface area contributed by atoms with Gasteiger partial charge >= 0.3 is 0 Å². The van der Waals surface area contributed by atoms with Crippen molar-refractivity contribution in [3.63, 3.8) is 0 Å². The Morgan fingerprint density at radius 2 is 1.89 bits per heavy atom. The molecule has 0 aliphatic heterocycles. The van der Waals surface area contributed by atoms with Gasteiger partial charge < -0.3 is 10.2 Å². The first-order chi connectivity index (χ1) is 9.11. The standard InChI is InChI=1S/C16H31NO2/c1-12-9-13(2)15(16(19)10-12)11-17(7-4-8-18)14-5-3-6-14/h12-16,18-19H,3-11H2,1-2H3. The Morgan fingerprint density at radius 3 is 2.42 bits per heavy atom. The number of aliphatic hydroxyl groups is 2. The van der Waals surface area contributed by atoms with E-state index < -0.39 is 0 Å². The molecule has 0 spiro atoms. The predicted octanol–water partition coefficient (Wildman–Crippen LogP) is 2.27. The van der Waals surface area contributed by atoms with Gasteiger partial charge in [0.05, 0.1) is 6.10 Å². The van der Waals surface area contributed by atoms with Gasteiger partial charge in [-0.05, 0) is 43.9 Å². The molecule has 4 unspecified atom stereocenters. The molecule has 19 heavy (non-hydrogen) atoms. The van der Waals surface area contributed by atoms with Crippen LogP contribution in [-0.4, -0.2) is 47.0 Å². The van der Waals surface area contributed by atoms with E-state index in [0.29, 0.717) is 23.8 Å².